The lowest BCUT2D eigenvalue weighted by atomic mass is 10.1. The minimum absolute atomic E-state index is 0.00399. The summed E-state index contributed by atoms with van der Waals surface area (Å²) in [5.74, 6) is 2.10. The Morgan fingerprint density at radius 2 is 1.89 bits per heavy atom. The molecule has 3 aromatic rings. The van der Waals surface area contributed by atoms with E-state index in [1.807, 2.05) is 43.3 Å². The second kappa shape index (κ2) is 8.04. The highest BCUT2D eigenvalue weighted by atomic mass is 16.6. The third-order valence-electron chi connectivity index (χ3n) is 4.21. The molecule has 4 rings (SSSR count). The van der Waals surface area contributed by atoms with Gasteiger partial charge in [-0.05, 0) is 36.8 Å². The Labute approximate surface area is 161 Å². The first-order valence-electron chi connectivity index (χ1n) is 8.89. The van der Waals surface area contributed by atoms with Crippen molar-refractivity contribution in [2.45, 2.75) is 13.5 Å². The fraction of sp³-hybridized carbons (Fsp3) is 0.238. The van der Waals surface area contributed by atoms with Crippen molar-refractivity contribution in [2.75, 3.05) is 19.8 Å². The summed E-state index contributed by atoms with van der Waals surface area (Å²) in [5, 5.41) is 3.94. The number of aromatic nitrogens is 1. The molecule has 0 saturated carbocycles. The molecule has 2 aromatic carbocycles. The molecule has 0 N–H and O–H groups in total. The average molecular weight is 381 g/mol. The Morgan fingerprint density at radius 1 is 1.07 bits per heavy atom. The van der Waals surface area contributed by atoms with Crippen LogP contribution in [0.3, 0.4) is 0 Å². The molecule has 7 nitrogen and oxygen atoms in total. The van der Waals surface area contributed by atoms with Crippen LogP contribution in [0.1, 0.15) is 11.3 Å². The summed E-state index contributed by atoms with van der Waals surface area (Å²) >= 11 is 0. The number of aryl methyl sites for hydroxylation is 1. The van der Waals surface area contributed by atoms with Crippen molar-refractivity contribution in [1.29, 1.82) is 0 Å². The van der Waals surface area contributed by atoms with Crippen molar-refractivity contribution in [1.82, 2.24) is 5.16 Å². The summed E-state index contributed by atoms with van der Waals surface area (Å²) in [6.45, 7) is 2.80. The van der Waals surface area contributed by atoms with Gasteiger partial charge in [0.1, 0.15) is 31.3 Å². The smallest absolute Gasteiger partial charge is 0.344 e. The molecule has 1 aliphatic heterocycles. The molecule has 0 fully saturated rings. The minimum Gasteiger partial charge on any atom is -0.486 e. The zero-order valence-corrected chi connectivity index (χ0v) is 15.3. The van der Waals surface area contributed by atoms with Crippen molar-refractivity contribution in [2.24, 2.45) is 0 Å². The molecule has 0 bridgehead atoms. The highest BCUT2D eigenvalue weighted by Crippen LogP contribution is 2.34. The van der Waals surface area contributed by atoms with Crippen LogP contribution in [0, 0.1) is 6.92 Å². The number of hydrogen-bond donors (Lipinski definition) is 0. The number of carbonyl (C=O) groups excluding carboxylic acids is 1. The first-order chi connectivity index (χ1) is 13.7. The van der Waals surface area contributed by atoms with Crippen LogP contribution in [-0.2, 0) is 16.1 Å². The fourth-order valence-corrected chi connectivity index (χ4v) is 2.76. The highest BCUT2D eigenvalue weighted by molar-refractivity contribution is 5.71. The summed E-state index contributed by atoms with van der Waals surface area (Å²) in [6.07, 6.45) is 0. The highest BCUT2D eigenvalue weighted by Gasteiger charge is 2.15. The van der Waals surface area contributed by atoms with E-state index in [9.17, 15) is 4.79 Å². The van der Waals surface area contributed by atoms with E-state index >= 15 is 0 Å². The summed E-state index contributed by atoms with van der Waals surface area (Å²) in [5.41, 5.74) is 2.27. The Kier molecular flexibility index (Phi) is 5.14. The van der Waals surface area contributed by atoms with Gasteiger partial charge in [0.2, 0.25) is 0 Å². The van der Waals surface area contributed by atoms with Gasteiger partial charge in [0.25, 0.3) is 0 Å². The Morgan fingerprint density at radius 3 is 2.75 bits per heavy atom. The first-order valence-corrected chi connectivity index (χ1v) is 8.89. The van der Waals surface area contributed by atoms with E-state index in [0.717, 1.165) is 11.1 Å². The standard InChI is InChI=1S/C21H19NO6/c1-14-4-2-3-5-17(14)26-13-21(23)27-12-16-11-19(28-22-16)15-6-7-18-20(10-15)25-9-8-24-18/h2-7,10-11H,8-9,12-13H2,1H3. The summed E-state index contributed by atoms with van der Waals surface area (Å²) in [4.78, 5) is 11.9. The topological polar surface area (TPSA) is 80.0 Å². The molecule has 28 heavy (non-hydrogen) atoms. The molecule has 0 radical (unpaired) electrons. The van der Waals surface area contributed by atoms with Crippen LogP contribution in [0.4, 0.5) is 0 Å². The van der Waals surface area contributed by atoms with Crippen molar-refractivity contribution < 1.29 is 28.3 Å². The second-order valence-electron chi connectivity index (χ2n) is 6.26. The molecule has 0 spiro atoms. The van der Waals surface area contributed by atoms with Gasteiger partial charge in [-0.2, -0.15) is 0 Å². The van der Waals surface area contributed by atoms with E-state index in [1.165, 1.54) is 0 Å². The maximum Gasteiger partial charge on any atom is 0.344 e. The molecule has 0 aliphatic carbocycles. The lowest BCUT2D eigenvalue weighted by molar-refractivity contribution is -0.147. The van der Waals surface area contributed by atoms with Gasteiger partial charge in [-0.1, -0.05) is 23.4 Å². The Hall–Kier alpha value is -3.48. The monoisotopic (exact) mass is 381 g/mol. The molecule has 0 atom stereocenters. The van der Waals surface area contributed by atoms with Gasteiger partial charge in [0, 0.05) is 11.6 Å². The lowest BCUT2D eigenvalue weighted by Crippen LogP contribution is -2.15. The maximum absolute atomic E-state index is 11.9. The molecular weight excluding hydrogens is 362 g/mol. The third-order valence-corrected chi connectivity index (χ3v) is 4.21. The molecule has 0 amide bonds. The molecule has 1 aromatic heterocycles. The normalized spacial score (nSPS) is 12.5. The molecular formula is C21H19NO6. The number of ether oxygens (including phenoxy) is 4. The van der Waals surface area contributed by atoms with E-state index in [2.05, 4.69) is 5.16 Å². The summed E-state index contributed by atoms with van der Waals surface area (Å²) < 4.78 is 27.1. The second-order valence-corrected chi connectivity index (χ2v) is 6.26. The van der Waals surface area contributed by atoms with Gasteiger partial charge in [-0.3, -0.25) is 0 Å². The zero-order chi connectivity index (χ0) is 19.3. The number of fused-ring (bicyclic) bond motifs is 1. The number of esters is 1. The number of para-hydroxylation sites is 1. The first kappa shape index (κ1) is 17.9. The maximum atomic E-state index is 11.9. The van der Waals surface area contributed by atoms with Crippen LogP contribution in [0.2, 0.25) is 0 Å². The summed E-state index contributed by atoms with van der Waals surface area (Å²) in [7, 11) is 0. The number of nitrogens with zero attached hydrogens (tertiary/aromatic N) is 1. The number of benzene rings is 2. The van der Waals surface area contributed by atoms with Gasteiger partial charge < -0.3 is 23.5 Å². The van der Waals surface area contributed by atoms with Crippen LogP contribution in [0.25, 0.3) is 11.3 Å². The number of hydrogen-bond acceptors (Lipinski definition) is 7. The van der Waals surface area contributed by atoms with E-state index in [4.69, 9.17) is 23.5 Å². The fourth-order valence-electron chi connectivity index (χ4n) is 2.76. The minimum atomic E-state index is -0.480. The lowest BCUT2D eigenvalue weighted by Gasteiger charge is -2.18. The average Bonchev–Trinajstić information content (AvgIpc) is 3.20. The zero-order valence-electron chi connectivity index (χ0n) is 15.3. The third kappa shape index (κ3) is 4.09. The molecule has 7 heteroatoms. The largest absolute Gasteiger partial charge is 0.486 e. The van der Waals surface area contributed by atoms with E-state index < -0.39 is 5.97 Å². The van der Waals surface area contributed by atoms with Crippen molar-refractivity contribution >= 4 is 5.97 Å². The van der Waals surface area contributed by atoms with Gasteiger partial charge >= 0.3 is 5.97 Å². The van der Waals surface area contributed by atoms with Gasteiger partial charge in [-0.25, -0.2) is 4.79 Å². The van der Waals surface area contributed by atoms with Gasteiger partial charge in [0.15, 0.2) is 23.9 Å². The van der Waals surface area contributed by atoms with E-state index in [0.29, 0.717) is 41.9 Å². The number of rotatable bonds is 6. The van der Waals surface area contributed by atoms with Gasteiger partial charge in [0.05, 0.1) is 0 Å². The molecule has 0 unspecified atom stereocenters. The van der Waals surface area contributed by atoms with Crippen LogP contribution < -0.4 is 14.2 Å². The van der Waals surface area contributed by atoms with E-state index in [-0.39, 0.29) is 13.2 Å². The van der Waals surface area contributed by atoms with Crippen molar-refractivity contribution in [3.63, 3.8) is 0 Å². The van der Waals surface area contributed by atoms with Crippen molar-refractivity contribution in [3.05, 3.63) is 59.8 Å². The molecule has 1 aliphatic rings. The van der Waals surface area contributed by atoms with Crippen LogP contribution in [0.5, 0.6) is 17.2 Å². The molecule has 2 heterocycles. The van der Waals surface area contributed by atoms with Crippen LogP contribution in [0.15, 0.2) is 53.1 Å². The Balaban J connectivity index is 1.32. The molecule has 0 saturated heterocycles. The SMILES string of the molecule is Cc1ccccc1OCC(=O)OCc1cc(-c2ccc3c(c2)OCCO3)on1. The van der Waals surface area contributed by atoms with Crippen molar-refractivity contribution in [3.8, 4) is 28.6 Å². The predicted molar refractivity (Wildman–Crippen MR) is 99.4 cm³/mol. The molecule has 144 valence electrons. The predicted octanol–water partition coefficient (Wildman–Crippen LogP) is 3.54. The van der Waals surface area contributed by atoms with Crippen LogP contribution >= 0.6 is 0 Å². The summed E-state index contributed by atoms with van der Waals surface area (Å²) in [6, 6.07) is 14.7. The van der Waals surface area contributed by atoms with Crippen LogP contribution in [-0.4, -0.2) is 30.9 Å². The van der Waals surface area contributed by atoms with E-state index in [1.54, 1.807) is 12.1 Å². The van der Waals surface area contributed by atoms with Gasteiger partial charge in [-0.15, -0.1) is 0 Å². The Bertz CT molecular complexity index is 981. The number of carbonyl (C=O) groups is 1. The quantitative estimate of drug-likeness (QED) is 0.604.